The second-order valence-electron chi connectivity index (χ2n) is 3.71. The van der Waals surface area contributed by atoms with Crippen LogP contribution in [0.4, 0.5) is 5.69 Å². The molecule has 0 aliphatic carbocycles. The van der Waals surface area contributed by atoms with Gasteiger partial charge in [0.2, 0.25) is 5.78 Å². The van der Waals surface area contributed by atoms with E-state index in [0.717, 1.165) is 0 Å². The smallest absolute Gasteiger partial charge is 0.340 e. The van der Waals surface area contributed by atoms with Crippen molar-refractivity contribution in [1.82, 2.24) is 0 Å². The second-order valence-corrected chi connectivity index (χ2v) is 4.90. The number of carbonyl (C=O) groups is 3. The first-order chi connectivity index (χ1) is 8.51. The summed E-state index contributed by atoms with van der Waals surface area (Å²) in [6.45, 7) is 1.70. The molecule has 1 aromatic carbocycles. The molecule has 1 atom stereocenters. The number of ketones is 1. The average molecular weight is 312 g/mol. The highest BCUT2D eigenvalue weighted by Gasteiger charge is 2.55. The lowest BCUT2D eigenvalue weighted by molar-refractivity contribution is -0.146. The maximum Gasteiger partial charge on any atom is 0.340 e. The van der Waals surface area contributed by atoms with E-state index in [4.69, 9.17) is 4.74 Å². The van der Waals surface area contributed by atoms with Gasteiger partial charge in [-0.05, 0) is 19.1 Å². The Morgan fingerprint density at radius 3 is 2.72 bits per heavy atom. The van der Waals surface area contributed by atoms with E-state index in [1.165, 1.54) is 0 Å². The number of fused-ring (bicyclic) bond motifs is 1. The molecule has 2 rings (SSSR count). The Kier molecular flexibility index (Phi) is 3.21. The molecular formula is C12H10BrNO4. The Morgan fingerprint density at radius 1 is 1.39 bits per heavy atom. The third kappa shape index (κ3) is 1.73. The van der Waals surface area contributed by atoms with E-state index in [2.05, 4.69) is 21.2 Å². The predicted octanol–water partition coefficient (Wildman–Crippen LogP) is 1.52. The van der Waals surface area contributed by atoms with Crippen LogP contribution < -0.4 is 5.32 Å². The summed E-state index contributed by atoms with van der Waals surface area (Å²) in [7, 11) is 0. The van der Waals surface area contributed by atoms with Gasteiger partial charge in [0.15, 0.2) is 0 Å². The number of Topliss-reactive ketones (excluding diaryl/α,β-unsaturated/α-hetero) is 1. The van der Waals surface area contributed by atoms with Crippen LogP contribution in [0, 0.1) is 0 Å². The van der Waals surface area contributed by atoms with Gasteiger partial charge < -0.3 is 10.1 Å². The van der Waals surface area contributed by atoms with Gasteiger partial charge in [-0.1, -0.05) is 28.1 Å². The Balaban J connectivity index is 2.50. The lowest BCUT2D eigenvalue weighted by Gasteiger charge is -2.28. The van der Waals surface area contributed by atoms with Crippen LogP contribution in [0.3, 0.4) is 0 Å². The van der Waals surface area contributed by atoms with Crippen molar-refractivity contribution in [3.05, 3.63) is 29.8 Å². The minimum absolute atomic E-state index is 0.0917. The van der Waals surface area contributed by atoms with Gasteiger partial charge in [-0.15, -0.1) is 0 Å². The first-order valence-corrected chi connectivity index (χ1v) is 6.12. The summed E-state index contributed by atoms with van der Waals surface area (Å²) < 4.78 is 2.78. The fourth-order valence-corrected chi connectivity index (χ4v) is 2.13. The van der Waals surface area contributed by atoms with Crippen LogP contribution in [0.15, 0.2) is 24.3 Å². The number of rotatable bonds is 2. The SMILES string of the molecule is CCOC(=O)[C@@]1(Br)C(=O)Nc2ccccc2C1=O. The Bertz CT molecular complexity index is 543. The standard InChI is InChI=1S/C12H10BrNO4/c1-2-18-11(17)12(13)9(15)7-5-3-4-6-8(7)14-10(12)16/h3-6H,2H2,1H3,(H,14,16)/t12-/m0/s1. The van der Waals surface area contributed by atoms with E-state index in [0.29, 0.717) is 5.69 Å². The van der Waals surface area contributed by atoms with Crippen molar-refractivity contribution in [2.75, 3.05) is 11.9 Å². The van der Waals surface area contributed by atoms with Crippen LogP contribution in [0.2, 0.25) is 0 Å². The molecule has 1 amide bonds. The molecule has 0 aromatic heterocycles. The number of nitrogens with one attached hydrogen (secondary N) is 1. The van der Waals surface area contributed by atoms with Crippen LogP contribution in [0.1, 0.15) is 17.3 Å². The van der Waals surface area contributed by atoms with Gasteiger partial charge in [0.1, 0.15) is 0 Å². The predicted molar refractivity (Wildman–Crippen MR) is 67.7 cm³/mol. The van der Waals surface area contributed by atoms with Gasteiger partial charge in [-0.3, -0.25) is 9.59 Å². The fraction of sp³-hybridized carbons (Fsp3) is 0.250. The molecule has 0 unspecified atom stereocenters. The number of ether oxygens (including phenoxy) is 1. The highest BCUT2D eigenvalue weighted by Crippen LogP contribution is 2.34. The molecule has 0 saturated carbocycles. The van der Waals surface area contributed by atoms with Crippen molar-refractivity contribution in [1.29, 1.82) is 0 Å². The molecule has 18 heavy (non-hydrogen) atoms. The Morgan fingerprint density at radius 2 is 2.06 bits per heavy atom. The number of benzene rings is 1. The maximum absolute atomic E-state index is 12.3. The summed E-state index contributed by atoms with van der Waals surface area (Å²) in [4.78, 5) is 36.0. The van der Waals surface area contributed by atoms with Crippen LogP contribution in [0.5, 0.6) is 0 Å². The zero-order valence-electron chi connectivity index (χ0n) is 9.53. The highest BCUT2D eigenvalue weighted by molar-refractivity contribution is 9.11. The van der Waals surface area contributed by atoms with Crippen LogP contribution in [-0.4, -0.2) is 28.6 Å². The summed E-state index contributed by atoms with van der Waals surface area (Å²) >= 11 is 2.93. The van der Waals surface area contributed by atoms with Crippen LogP contribution in [0.25, 0.3) is 0 Å². The van der Waals surface area contributed by atoms with E-state index in [1.807, 2.05) is 0 Å². The number of hydrogen-bond acceptors (Lipinski definition) is 4. The van der Waals surface area contributed by atoms with Gasteiger partial charge in [0, 0.05) is 5.56 Å². The summed E-state index contributed by atoms with van der Waals surface area (Å²) in [6.07, 6.45) is 0. The van der Waals surface area contributed by atoms with Gasteiger partial charge in [0.25, 0.3) is 10.2 Å². The van der Waals surface area contributed by atoms with Gasteiger partial charge >= 0.3 is 5.97 Å². The zero-order chi connectivity index (χ0) is 13.3. The van der Waals surface area contributed by atoms with Crippen molar-refractivity contribution < 1.29 is 19.1 Å². The van der Waals surface area contributed by atoms with E-state index < -0.39 is 22.0 Å². The number of hydrogen-bond donors (Lipinski definition) is 1. The van der Waals surface area contributed by atoms with Gasteiger partial charge in [-0.2, -0.15) is 0 Å². The van der Waals surface area contributed by atoms with E-state index in [1.54, 1.807) is 31.2 Å². The maximum atomic E-state index is 12.3. The van der Waals surface area contributed by atoms with Crippen molar-refractivity contribution in [2.24, 2.45) is 0 Å². The number of carbonyl (C=O) groups excluding carboxylic acids is 3. The molecule has 1 aliphatic rings. The van der Waals surface area contributed by atoms with Gasteiger partial charge in [0.05, 0.1) is 12.3 Å². The molecule has 6 heteroatoms. The minimum atomic E-state index is -1.99. The van der Waals surface area contributed by atoms with E-state index >= 15 is 0 Å². The van der Waals surface area contributed by atoms with E-state index in [-0.39, 0.29) is 12.2 Å². The Labute approximate surface area is 112 Å². The molecule has 5 nitrogen and oxygen atoms in total. The van der Waals surface area contributed by atoms with Crippen molar-refractivity contribution in [3.63, 3.8) is 0 Å². The number of para-hydroxylation sites is 1. The first kappa shape index (κ1) is 12.8. The molecule has 1 heterocycles. The average Bonchev–Trinajstić information content (AvgIpc) is 2.36. The van der Waals surface area contributed by atoms with Crippen molar-refractivity contribution in [3.8, 4) is 0 Å². The number of esters is 1. The lowest BCUT2D eigenvalue weighted by atomic mass is 9.91. The molecule has 1 aliphatic heterocycles. The summed E-state index contributed by atoms with van der Waals surface area (Å²) in [6, 6.07) is 6.50. The largest absolute Gasteiger partial charge is 0.464 e. The van der Waals surface area contributed by atoms with Crippen molar-refractivity contribution in [2.45, 2.75) is 11.2 Å². The second kappa shape index (κ2) is 4.53. The molecular weight excluding hydrogens is 302 g/mol. The highest BCUT2D eigenvalue weighted by atomic mass is 79.9. The third-order valence-electron chi connectivity index (χ3n) is 2.60. The molecule has 1 N–H and O–H groups in total. The minimum Gasteiger partial charge on any atom is -0.464 e. The summed E-state index contributed by atoms with van der Waals surface area (Å²) in [5.74, 6) is -2.24. The summed E-state index contributed by atoms with van der Waals surface area (Å²) in [5.41, 5.74) is 0.675. The first-order valence-electron chi connectivity index (χ1n) is 5.33. The van der Waals surface area contributed by atoms with Crippen LogP contribution >= 0.6 is 15.9 Å². The number of alkyl halides is 1. The normalized spacial score (nSPS) is 22.1. The monoisotopic (exact) mass is 311 g/mol. The number of halogens is 1. The lowest BCUT2D eigenvalue weighted by Crippen LogP contribution is -2.54. The molecule has 0 spiro atoms. The molecule has 94 valence electrons. The zero-order valence-corrected chi connectivity index (χ0v) is 11.1. The van der Waals surface area contributed by atoms with Crippen molar-refractivity contribution >= 4 is 39.3 Å². The quantitative estimate of drug-likeness (QED) is 0.510. The molecule has 0 bridgehead atoms. The fourth-order valence-electron chi connectivity index (χ4n) is 1.70. The summed E-state index contributed by atoms with van der Waals surface area (Å²) in [5, 5.41) is 2.51. The molecule has 0 saturated heterocycles. The molecule has 0 fully saturated rings. The Hall–Kier alpha value is -1.69. The number of amides is 1. The topological polar surface area (TPSA) is 72.5 Å². The van der Waals surface area contributed by atoms with E-state index in [9.17, 15) is 14.4 Å². The van der Waals surface area contributed by atoms with Gasteiger partial charge in [-0.25, -0.2) is 4.79 Å². The molecule has 0 radical (unpaired) electrons. The van der Waals surface area contributed by atoms with Crippen LogP contribution in [-0.2, 0) is 14.3 Å². The number of anilines is 1. The third-order valence-corrected chi connectivity index (χ3v) is 3.65. The molecule has 1 aromatic rings.